The number of carbonyl (C=O) groups is 1. The second-order valence-electron chi connectivity index (χ2n) is 4.82. The monoisotopic (exact) mass is 198 g/mol. The first-order chi connectivity index (χ1) is 6.63. The Hall–Kier alpha value is -0.370. The lowest BCUT2D eigenvalue weighted by molar-refractivity contribution is -0.125. The molecular weight excluding hydrogens is 176 g/mol. The third kappa shape index (κ3) is 3.41. The van der Waals surface area contributed by atoms with Crippen LogP contribution in [0.2, 0.25) is 0 Å². The van der Waals surface area contributed by atoms with Crippen LogP contribution in [0.4, 0.5) is 0 Å². The van der Waals surface area contributed by atoms with Crippen molar-refractivity contribution in [3.8, 4) is 0 Å². The van der Waals surface area contributed by atoms with Gasteiger partial charge in [-0.1, -0.05) is 13.8 Å². The Morgan fingerprint density at radius 3 is 2.29 bits per heavy atom. The molecule has 0 saturated heterocycles. The summed E-state index contributed by atoms with van der Waals surface area (Å²) in [6.07, 6.45) is 4.06. The normalized spacial score (nSPS) is 32.9. The standard InChI is InChI=1S/C12H22O2/c1-9-6-10(2)8-11(7-9)12(13)4-5-14-3/h9-11H,4-8H2,1-3H3. The molecule has 14 heavy (non-hydrogen) atoms. The van der Waals surface area contributed by atoms with Gasteiger partial charge in [-0.05, 0) is 31.1 Å². The molecular formula is C12H22O2. The van der Waals surface area contributed by atoms with E-state index in [4.69, 9.17) is 4.74 Å². The summed E-state index contributed by atoms with van der Waals surface area (Å²) in [5, 5.41) is 0. The molecule has 1 fully saturated rings. The van der Waals surface area contributed by atoms with E-state index in [2.05, 4.69) is 13.8 Å². The molecule has 0 spiro atoms. The molecule has 0 radical (unpaired) electrons. The predicted molar refractivity (Wildman–Crippen MR) is 57.2 cm³/mol. The molecule has 0 aromatic heterocycles. The van der Waals surface area contributed by atoms with Crippen LogP contribution in [0.3, 0.4) is 0 Å². The molecule has 0 amide bonds. The van der Waals surface area contributed by atoms with Gasteiger partial charge in [0, 0.05) is 19.4 Å². The van der Waals surface area contributed by atoms with Crippen molar-refractivity contribution in [2.75, 3.05) is 13.7 Å². The third-order valence-corrected chi connectivity index (χ3v) is 3.19. The highest BCUT2D eigenvalue weighted by molar-refractivity contribution is 5.81. The Labute approximate surface area is 87.0 Å². The van der Waals surface area contributed by atoms with Crippen LogP contribution < -0.4 is 0 Å². The predicted octanol–water partition coefficient (Wildman–Crippen LogP) is 2.66. The molecule has 0 heterocycles. The maximum Gasteiger partial charge on any atom is 0.138 e. The van der Waals surface area contributed by atoms with E-state index in [0.29, 0.717) is 24.7 Å². The maximum atomic E-state index is 11.8. The summed E-state index contributed by atoms with van der Waals surface area (Å²) in [6.45, 7) is 5.09. The van der Waals surface area contributed by atoms with E-state index in [-0.39, 0.29) is 0 Å². The topological polar surface area (TPSA) is 26.3 Å². The van der Waals surface area contributed by atoms with Gasteiger partial charge in [0.1, 0.15) is 5.78 Å². The minimum atomic E-state index is 0.309. The van der Waals surface area contributed by atoms with E-state index >= 15 is 0 Å². The summed E-state index contributed by atoms with van der Waals surface area (Å²) in [5.74, 6) is 2.15. The Kier molecular flexibility index (Phi) is 4.59. The van der Waals surface area contributed by atoms with Crippen molar-refractivity contribution in [1.82, 2.24) is 0 Å². The lowest BCUT2D eigenvalue weighted by Gasteiger charge is -2.30. The molecule has 2 atom stereocenters. The molecule has 0 aliphatic heterocycles. The number of ether oxygens (including phenoxy) is 1. The van der Waals surface area contributed by atoms with E-state index in [9.17, 15) is 4.79 Å². The molecule has 1 rings (SSSR count). The van der Waals surface area contributed by atoms with Gasteiger partial charge >= 0.3 is 0 Å². The summed E-state index contributed by atoms with van der Waals surface area (Å²) >= 11 is 0. The molecule has 1 saturated carbocycles. The molecule has 0 N–H and O–H groups in total. The largest absolute Gasteiger partial charge is 0.384 e. The second kappa shape index (κ2) is 5.50. The van der Waals surface area contributed by atoms with Gasteiger partial charge in [0.15, 0.2) is 0 Å². The molecule has 82 valence electrons. The molecule has 2 heteroatoms. The van der Waals surface area contributed by atoms with Crippen LogP contribution in [-0.2, 0) is 9.53 Å². The Morgan fingerprint density at radius 1 is 1.21 bits per heavy atom. The number of methoxy groups -OCH3 is 1. The van der Waals surface area contributed by atoms with Crippen molar-refractivity contribution >= 4 is 5.78 Å². The van der Waals surface area contributed by atoms with Gasteiger partial charge in [0.05, 0.1) is 6.61 Å². The van der Waals surface area contributed by atoms with Gasteiger partial charge in [0.25, 0.3) is 0 Å². The van der Waals surface area contributed by atoms with Crippen LogP contribution in [0.5, 0.6) is 0 Å². The highest BCUT2D eigenvalue weighted by atomic mass is 16.5. The summed E-state index contributed by atoms with van der Waals surface area (Å²) in [7, 11) is 1.65. The van der Waals surface area contributed by atoms with Crippen molar-refractivity contribution in [3.63, 3.8) is 0 Å². The number of hydrogen-bond donors (Lipinski definition) is 0. The fourth-order valence-electron chi connectivity index (χ4n) is 2.62. The van der Waals surface area contributed by atoms with Crippen LogP contribution in [0.25, 0.3) is 0 Å². The van der Waals surface area contributed by atoms with Gasteiger partial charge < -0.3 is 4.74 Å². The summed E-state index contributed by atoms with van der Waals surface area (Å²) < 4.78 is 4.94. The summed E-state index contributed by atoms with van der Waals surface area (Å²) in [6, 6.07) is 0. The molecule has 0 aromatic rings. The van der Waals surface area contributed by atoms with Gasteiger partial charge in [-0.2, -0.15) is 0 Å². The van der Waals surface area contributed by atoms with Crippen molar-refractivity contribution in [1.29, 1.82) is 0 Å². The molecule has 1 aliphatic carbocycles. The van der Waals surface area contributed by atoms with E-state index in [0.717, 1.165) is 24.7 Å². The first-order valence-electron chi connectivity index (χ1n) is 5.65. The SMILES string of the molecule is COCCC(=O)C1CC(C)CC(C)C1. The van der Waals surface area contributed by atoms with Crippen LogP contribution in [0.15, 0.2) is 0 Å². The Balaban J connectivity index is 2.38. The molecule has 0 bridgehead atoms. The van der Waals surface area contributed by atoms with Crippen molar-refractivity contribution in [2.24, 2.45) is 17.8 Å². The number of ketones is 1. The van der Waals surface area contributed by atoms with E-state index in [1.807, 2.05) is 0 Å². The Morgan fingerprint density at radius 2 is 1.79 bits per heavy atom. The minimum Gasteiger partial charge on any atom is -0.384 e. The Bertz CT molecular complexity index is 179. The first-order valence-corrected chi connectivity index (χ1v) is 5.65. The first kappa shape index (κ1) is 11.7. The minimum absolute atomic E-state index is 0.309. The van der Waals surface area contributed by atoms with Gasteiger partial charge in [-0.25, -0.2) is 0 Å². The van der Waals surface area contributed by atoms with Crippen LogP contribution in [0, 0.1) is 17.8 Å². The van der Waals surface area contributed by atoms with Gasteiger partial charge in [-0.15, -0.1) is 0 Å². The van der Waals surface area contributed by atoms with Crippen LogP contribution >= 0.6 is 0 Å². The highest BCUT2D eigenvalue weighted by Gasteiger charge is 2.28. The van der Waals surface area contributed by atoms with Gasteiger partial charge in [-0.3, -0.25) is 4.79 Å². The third-order valence-electron chi connectivity index (χ3n) is 3.19. The van der Waals surface area contributed by atoms with Crippen LogP contribution in [0.1, 0.15) is 39.5 Å². The lowest BCUT2D eigenvalue weighted by atomic mass is 9.74. The highest BCUT2D eigenvalue weighted by Crippen LogP contribution is 2.33. The smallest absolute Gasteiger partial charge is 0.138 e. The number of hydrogen-bond acceptors (Lipinski definition) is 2. The summed E-state index contributed by atoms with van der Waals surface area (Å²) in [4.78, 5) is 11.8. The lowest BCUT2D eigenvalue weighted by Crippen LogP contribution is -2.26. The summed E-state index contributed by atoms with van der Waals surface area (Å²) in [5.41, 5.74) is 0. The average molecular weight is 198 g/mol. The zero-order valence-corrected chi connectivity index (χ0v) is 9.58. The zero-order valence-electron chi connectivity index (χ0n) is 9.58. The van der Waals surface area contributed by atoms with E-state index in [1.54, 1.807) is 7.11 Å². The van der Waals surface area contributed by atoms with E-state index in [1.165, 1.54) is 6.42 Å². The van der Waals surface area contributed by atoms with Gasteiger partial charge in [0.2, 0.25) is 0 Å². The molecule has 2 nitrogen and oxygen atoms in total. The number of carbonyl (C=O) groups excluding carboxylic acids is 1. The number of Topliss-reactive ketones (excluding diaryl/α,β-unsaturated/α-hetero) is 1. The second-order valence-corrected chi connectivity index (χ2v) is 4.82. The fourth-order valence-corrected chi connectivity index (χ4v) is 2.62. The van der Waals surface area contributed by atoms with E-state index < -0.39 is 0 Å². The van der Waals surface area contributed by atoms with Crippen molar-refractivity contribution < 1.29 is 9.53 Å². The average Bonchev–Trinajstić information content (AvgIpc) is 2.12. The molecule has 0 aromatic carbocycles. The zero-order chi connectivity index (χ0) is 10.6. The number of rotatable bonds is 4. The van der Waals surface area contributed by atoms with Crippen molar-refractivity contribution in [2.45, 2.75) is 39.5 Å². The quantitative estimate of drug-likeness (QED) is 0.694. The van der Waals surface area contributed by atoms with Crippen molar-refractivity contribution in [3.05, 3.63) is 0 Å². The molecule has 2 unspecified atom stereocenters. The fraction of sp³-hybridized carbons (Fsp3) is 0.917. The molecule has 1 aliphatic rings. The maximum absolute atomic E-state index is 11.8. The van der Waals surface area contributed by atoms with Crippen LogP contribution in [-0.4, -0.2) is 19.5 Å².